The maximum atomic E-state index is 11.3. The first-order valence-corrected chi connectivity index (χ1v) is 6.34. The highest BCUT2D eigenvalue weighted by molar-refractivity contribution is 7.89. The topological polar surface area (TPSA) is 101 Å². The number of carbonyl (C=O) groups excluding carboxylic acids is 1. The van der Waals surface area contributed by atoms with Gasteiger partial charge in [-0.1, -0.05) is 0 Å². The van der Waals surface area contributed by atoms with Crippen LogP contribution in [0.25, 0.3) is 0 Å². The van der Waals surface area contributed by atoms with E-state index in [9.17, 15) is 13.2 Å². The van der Waals surface area contributed by atoms with Gasteiger partial charge in [-0.25, -0.2) is 13.6 Å². The van der Waals surface area contributed by atoms with Crippen molar-refractivity contribution in [3.05, 3.63) is 0 Å². The van der Waals surface area contributed by atoms with E-state index < -0.39 is 15.4 Å². The van der Waals surface area contributed by atoms with Crippen molar-refractivity contribution in [3.63, 3.8) is 0 Å². The number of hydrogen-bond acceptors (Lipinski definition) is 4. The summed E-state index contributed by atoms with van der Waals surface area (Å²) in [7, 11) is -1.87. The van der Waals surface area contributed by atoms with Gasteiger partial charge in [-0.3, -0.25) is 4.79 Å². The largest absolute Gasteiger partial charge is 0.359 e. The molecule has 0 fully saturated rings. The highest BCUT2D eigenvalue weighted by atomic mass is 32.2. The number of rotatable bonds is 6. The molecule has 0 bridgehead atoms. The molecule has 0 rings (SSSR count). The summed E-state index contributed by atoms with van der Waals surface area (Å²) in [6, 6.07) is 0. The molecule has 0 atom stereocenters. The van der Waals surface area contributed by atoms with E-state index in [-0.39, 0.29) is 18.2 Å². The third-order valence-corrected chi connectivity index (χ3v) is 2.75. The number of amides is 1. The van der Waals surface area contributed by atoms with Crippen LogP contribution >= 0.6 is 0 Å². The van der Waals surface area contributed by atoms with Gasteiger partial charge in [0.2, 0.25) is 15.9 Å². The van der Waals surface area contributed by atoms with Crippen LogP contribution in [0.2, 0.25) is 0 Å². The van der Waals surface area contributed by atoms with E-state index in [2.05, 4.69) is 10.6 Å². The molecule has 0 saturated heterocycles. The number of nitrogens with two attached hydrogens (primary N) is 1. The van der Waals surface area contributed by atoms with E-state index in [0.29, 0.717) is 6.54 Å². The third kappa shape index (κ3) is 6.43. The third-order valence-electron chi connectivity index (χ3n) is 1.97. The maximum Gasteiger partial charge on any atom is 0.226 e. The molecule has 0 unspecified atom stereocenters. The molecule has 0 aromatic heterocycles. The van der Waals surface area contributed by atoms with Gasteiger partial charge in [0, 0.05) is 20.1 Å². The molecule has 6 nitrogen and oxygen atoms in total. The average molecular weight is 237 g/mol. The van der Waals surface area contributed by atoms with Crippen LogP contribution in [0, 0.1) is 5.41 Å². The SMILES string of the molecule is CNC(=O)C(C)(C)CNCCS(N)(=O)=O. The molecule has 7 heteroatoms. The zero-order chi connectivity index (χ0) is 12.1. The highest BCUT2D eigenvalue weighted by Gasteiger charge is 2.25. The minimum atomic E-state index is -3.43. The number of primary sulfonamides is 1. The lowest BCUT2D eigenvalue weighted by Crippen LogP contribution is -2.43. The zero-order valence-corrected chi connectivity index (χ0v) is 10.1. The number of nitrogens with one attached hydrogen (secondary N) is 2. The van der Waals surface area contributed by atoms with Crippen molar-refractivity contribution < 1.29 is 13.2 Å². The Hall–Kier alpha value is -0.660. The lowest BCUT2D eigenvalue weighted by atomic mass is 9.92. The van der Waals surface area contributed by atoms with Crippen molar-refractivity contribution in [1.82, 2.24) is 10.6 Å². The highest BCUT2D eigenvalue weighted by Crippen LogP contribution is 2.12. The molecule has 0 aromatic rings. The predicted octanol–water partition coefficient (Wildman–Crippen LogP) is -1.36. The Morgan fingerprint density at radius 2 is 1.93 bits per heavy atom. The van der Waals surface area contributed by atoms with E-state index in [1.165, 1.54) is 0 Å². The van der Waals surface area contributed by atoms with Gasteiger partial charge in [-0.2, -0.15) is 0 Å². The Bertz CT molecular complexity index is 311. The lowest BCUT2D eigenvalue weighted by Gasteiger charge is -2.22. The van der Waals surface area contributed by atoms with E-state index in [0.717, 1.165) is 0 Å². The summed E-state index contributed by atoms with van der Waals surface area (Å²) in [5, 5.41) is 10.2. The van der Waals surface area contributed by atoms with Crippen LogP contribution in [0.4, 0.5) is 0 Å². The van der Waals surface area contributed by atoms with Crippen LogP contribution in [0.3, 0.4) is 0 Å². The number of carbonyl (C=O) groups is 1. The van der Waals surface area contributed by atoms with Crippen LogP contribution < -0.4 is 15.8 Å². The summed E-state index contributed by atoms with van der Waals surface area (Å²) in [5.41, 5.74) is -0.562. The fraction of sp³-hybridized carbons (Fsp3) is 0.875. The van der Waals surface area contributed by atoms with Gasteiger partial charge in [-0.15, -0.1) is 0 Å². The Kier molecular flexibility index (Phi) is 5.19. The molecule has 0 aromatic carbocycles. The summed E-state index contributed by atoms with van der Waals surface area (Å²) in [5.74, 6) is -0.220. The first kappa shape index (κ1) is 14.3. The summed E-state index contributed by atoms with van der Waals surface area (Å²) >= 11 is 0. The van der Waals surface area contributed by atoms with Crippen LogP contribution in [0.5, 0.6) is 0 Å². The Labute approximate surface area is 90.7 Å². The molecule has 1 amide bonds. The molecule has 0 radical (unpaired) electrons. The summed E-state index contributed by atoms with van der Waals surface area (Å²) in [4.78, 5) is 11.3. The summed E-state index contributed by atoms with van der Waals surface area (Å²) in [6.07, 6.45) is 0. The molecule has 0 aliphatic rings. The summed E-state index contributed by atoms with van der Waals surface area (Å²) < 4.78 is 21.2. The molecule has 0 aliphatic carbocycles. The van der Waals surface area contributed by atoms with Gasteiger partial charge in [0.15, 0.2) is 0 Å². The normalized spacial score (nSPS) is 12.5. The fourth-order valence-electron chi connectivity index (χ4n) is 1.03. The smallest absolute Gasteiger partial charge is 0.226 e. The second kappa shape index (κ2) is 5.43. The molecule has 0 heterocycles. The van der Waals surface area contributed by atoms with Crippen molar-refractivity contribution in [1.29, 1.82) is 0 Å². The van der Waals surface area contributed by atoms with Crippen molar-refractivity contribution in [2.75, 3.05) is 25.9 Å². The van der Waals surface area contributed by atoms with Gasteiger partial charge in [0.25, 0.3) is 0 Å². The predicted molar refractivity (Wildman–Crippen MR) is 58.7 cm³/mol. The second-order valence-electron chi connectivity index (χ2n) is 4.01. The van der Waals surface area contributed by atoms with Crippen LogP contribution in [-0.4, -0.2) is 40.2 Å². The van der Waals surface area contributed by atoms with E-state index >= 15 is 0 Å². The average Bonchev–Trinajstić information content (AvgIpc) is 2.09. The number of hydrogen-bond donors (Lipinski definition) is 3. The molecular weight excluding hydrogens is 218 g/mol. The minimum Gasteiger partial charge on any atom is -0.359 e. The molecule has 0 saturated carbocycles. The van der Waals surface area contributed by atoms with E-state index in [1.54, 1.807) is 20.9 Å². The van der Waals surface area contributed by atoms with Crippen molar-refractivity contribution in [3.8, 4) is 0 Å². The monoisotopic (exact) mass is 237 g/mol. The molecule has 0 aliphatic heterocycles. The quantitative estimate of drug-likeness (QED) is 0.496. The first-order chi connectivity index (χ1) is 6.69. The minimum absolute atomic E-state index is 0.0920. The van der Waals surface area contributed by atoms with Crippen molar-refractivity contribution >= 4 is 15.9 Å². The van der Waals surface area contributed by atoms with Crippen LogP contribution in [0.15, 0.2) is 0 Å². The van der Waals surface area contributed by atoms with Gasteiger partial charge < -0.3 is 10.6 Å². The van der Waals surface area contributed by atoms with Crippen molar-refractivity contribution in [2.45, 2.75) is 13.8 Å². The zero-order valence-electron chi connectivity index (χ0n) is 9.33. The van der Waals surface area contributed by atoms with E-state index in [1.807, 2.05) is 0 Å². The second-order valence-corrected chi connectivity index (χ2v) is 5.74. The standard InChI is InChI=1S/C8H19N3O3S/c1-8(2,7(12)10-3)6-11-4-5-15(9,13)14/h11H,4-6H2,1-3H3,(H,10,12)(H2,9,13,14). The van der Waals surface area contributed by atoms with Gasteiger partial charge in [-0.05, 0) is 13.8 Å². The van der Waals surface area contributed by atoms with Crippen molar-refractivity contribution in [2.24, 2.45) is 10.6 Å². The fourth-order valence-corrected chi connectivity index (χ4v) is 1.46. The van der Waals surface area contributed by atoms with Gasteiger partial charge in [0.1, 0.15) is 0 Å². The Balaban J connectivity index is 3.91. The molecule has 4 N–H and O–H groups in total. The molecule has 0 spiro atoms. The van der Waals surface area contributed by atoms with Gasteiger partial charge >= 0.3 is 0 Å². The molecular formula is C8H19N3O3S. The maximum absolute atomic E-state index is 11.3. The molecule has 15 heavy (non-hydrogen) atoms. The first-order valence-electron chi connectivity index (χ1n) is 4.62. The number of sulfonamides is 1. The van der Waals surface area contributed by atoms with E-state index in [4.69, 9.17) is 5.14 Å². The Morgan fingerprint density at radius 3 is 2.33 bits per heavy atom. The van der Waals surface area contributed by atoms with Crippen LogP contribution in [0.1, 0.15) is 13.8 Å². The van der Waals surface area contributed by atoms with Crippen LogP contribution in [-0.2, 0) is 14.8 Å². The Morgan fingerprint density at radius 1 is 1.40 bits per heavy atom. The lowest BCUT2D eigenvalue weighted by molar-refractivity contribution is -0.128. The summed E-state index contributed by atoms with van der Waals surface area (Å²) in [6.45, 7) is 4.20. The van der Waals surface area contributed by atoms with Gasteiger partial charge in [0.05, 0.1) is 11.2 Å². The molecule has 90 valence electrons.